The molecule has 0 amide bonds. The molecule has 29 heavy (non-hydrogen) atoms. The molecule has 150 valence electrons. The summed E-state index contributed by atoms with van der Waals surface area (Å²) in [7, 11) is 1.62. The lowest BCUT2D eigenvalue weighted by molar-refractivity contribution is 0.311. The molecule has 6 heteroatoms. The van der Waals surface area contributed by atoms with Crippen LogP contribution in [0.2, 0.25) is 0 Å². The Balaban J connectivity index is 1.62. The molecule has 0 unspecified atom stereocenters. The average molecular weight is 408 g/mol. The van der Waals surface area contributed by atoms with Crippen LogP contribution in [0.5, 0.6) is 5.75 Å². The number of H-pyrrole nitrogens is 1. The minimum absolute atomic E-state index is 0.0868. The van der Waals surface area contributed by atoms with Gasteiger partial charge >= 0.3 is 0 Å². The summed E-state index contributed by atoms with van der Waals surface area (Å²) in [6.45, 7) is 0.487. The topological polar surface area (TPSA) is 57.4 Å². The highest BCUT2D eigenvalue weighted by Gasteiger charge is 2.25. The minimum Gasteiger partial charge on any atom is -0.497 e. The number of ether oxygens (including phenoxy) is 1. The zero-order valence-corrected chi connectivity index (χ0v) is 17.3. The fourth-order valence-corrected chi connectivity index (χ4v) is 4.28. The summed E-state index contributed by atoms with van der Waals surface area (Å²) in [5.74, 6) is 0.724. The third-order valence-corrected chi connectivity index (χ3v) is 5.86. The third-order valence-electron chi connectivity index (χ3n) is 5.52. The Morgan fingerprint density at radius 1 is 1.17 bits per heavy atom. The highest BCUT2D eigenvalue weighted by atomic mass is 32.1. The van der Waals surface area contributed by atoms with Gasteiger partial charge in [-0.05, 0) is 60.8 Å². The number of methoxy groups -OCH3 is 1. The predicted octanol–water partition coefficient (Wildman–Crippen LogP) is 4.68. The summed E-state index contributed by atoms with van der Waals surface area (Å²) in [5.41, 5.74) is 2.36. The maximum Gasteiger partial charge on any atom is 0.253 e. The van der Waals surface area contributed by atoms with E-state index < -0.39 is 0 Å². The molecule has 1 heterocycles. The smallest absolute Gasteiger partial charge is 0.253 e. The number of aromatic nitrogens is 1. The Labute approximate surface area is 175 Å². The first kappa shape index (κ1) is 19.5. The van der Waals surface area contributed by atoms with Gasteiger partial charge in [-0.25, -0.2) is 0 Å². The molecule has 0 spiro atoms. The number of benzene rings is 2. The number of nitrogens with one attached hydrogen (secondary N) is 2. The van der Waals surface area contributed by atoms with Crippen molar-refractivity contribution in [2.75, 3.05) is 12.4 Å². The van der Waals surface area contributed by atoms with Crippen molar-refractivity contribution in [1.29, 1.82) is 0 Å². The molecule has 3 aromatic rings. The lowest BCUT2D eigenvalue weighted by atomic mass is 10.1. The molecule has 0 saturated heterocycles. The first-order valence-electron chi connectivity index (χ1n) is 9.96. The summed E-state index contributed by atoms with van der Waals surface area (Å²) in [4.78, 5) is 17.9. The molecule has 0 bridgehead atoms. The zero-order valence-electron chi connectivity index (χ0n) is 16.5. The molecule has 1 fully saturated rings. The molecule has 0 aliphatic heterocycles. The molecule has 0 radical (unpaired) electrons. The normalized spacial score (nSPS) is 14.1. The molecular weight excluding hydrogens is 382 g/mol. The van der Waals surface area contributed by atoms with Crippen molar-refractivity contribution in [3.8, 4) is 5.75 Å². The van der Waals surface area contributed by atoms with Crippen LogP contribution in [0.3, 0.4) is 0 Å². The summed E-state index contributed by atoms with van der Waals surface area (Å²) in [6.07, 6.45) is 4.59. The van der Waals surface area contributed by atoms with Crippen LogP contribution >= 0.6 is 12.2 Å². The van der Waals surface area contributed by atoms with Crippen LogP contribution in [-0.4, -0.2) is 28.1 Å². The lowest BCUT2D eigenvalue weighted by Crippen LogP contribution is -2.42. The van der Waals surface area contributed by atoms with Crippen LogP contribution in [0.15, 0.2) is 59.4 Å². The van der Waals surface area contributed by atoms with E-state index in [1.807, 2.05) is 54.6 Å². The van der Waals surface area contributed by atoms with Crippen LogP contribution in [0.1, 0.15) is 31.2 Å². The second-order valence-electron chi connectivity index (χ2n) is 7.44. The number of rotatable bonds is 5. The molecule has 4 rings (SSSR count). The van der Waals surface area contributed by atoms with E-state index in [4.69, 9.17) is 17.0 Å². The SMILES string of the molecule is COc1ccc2cc(CN(C(=S)Nc3ccccc3)C3CCCC3)c(=O)[nH]c2c1. The largest absolute Gasteiger partial charge is 0.497 e. The van der Waals surface area contributed by atoms with Crippen LogP contribution in [-0.2, 0) is 6.54 Å². The van der Waals surface area contributed by atoms with Gasteiger partial charge in [0.2, 0.25) is 0 Å². The number of thiocarbonyl (C=S) groups is 1. The maximum absolute atomic E-state index is 12.8. The number of hydrogen-bond acceptors (Lipinski definition) is 3. The van der Waals surface area contributed by atoms with E-state index in [2.05, 4.69) is 15.2 Å². The first-order chi connectivity index (χ1) is 14.1. The number of pyridine rings is 1. The lowest BCUT2D eigenvalue weighted by Gasteiger charge is -2.31. The van der Waals surface area contributed by atoms with Crippen molar-refractivity contribution < 1.29 is 4.74 Å². The average Bonchev–Trinajstić information content (AvgIpc) is 3.27. The Morgan fingerprint density at radius 2 is 1.93 bits per heavy atom. The van der Waals surface area contributed by atoms with Gasteiger partial charge in [-0.1, -0.05) is 31.0 Å². The molecule has 1 saturated carbocycles. The summed E-state index contributed by atoms with van der Waals surface area (Å²) >= 11 is 5.75. The molecular formula is C23H25N3O2S. The second kappa shape index (κ2) is 8.66. The summed E-state index contributed by atoms with van der Waals surface area (Å²) in [5, 5.41) is 4.98. The number of nitrogens with zero attached hydrogens (tertiary/aromatic N) is 1. The van der Waals surface area contributed by atoms with Crippen molar-refractivity contribution in [2.45, 2.75) is 38.3 Å². The molecule has 1 aliphatic rings. The zero-order chi connectivity index (χ0) is 20.2. The Hall–Kier alpha value is -2.86. The molecule has 1 aromatic heterocycles. The van der Waals surface area contributed by atoms with Gasteiger partial charge in [0.1, 0.15) is 5.75 Å². The van der Waals surface area contributed by atoms with Crippen LogP contribution < -0.4 is 15.6 Å². The number of fused-ring (bicyclic) bond motifs is 1. The Bertz CT molecular complexity index is 1060. The van der Waals surface area contributed by atoms with Crippen molar-refractivity contribution >= 4 is 33.9 Å². The highest BCUT2D eigenvalue weighted by molar-refractivity contribution is 7.80. The monoisotopic (exact) mass is 407 g/mol. The first-order valence-corrected chi connectivity index (χ1v) is 10.4. The minimum atomic E-state index is -0.0868. The van der Waals surface area contributed by atoms with E-state index in [9.17, 15) is 4.79 Å². The van der Waals surface area contributed by atoms with E-state index in [0.29, 0.717) is 23.3 Å². The van der Waals surface area contributed by atoms with Crippen LogP contribution in [0, 0.1) is 0 Å². The van der Waals surface area contributed by atoms with Gasteiger partial charge in [-0.15, -0.1) is 0 Å². The summed E-state index contributed by atoms with van der Waals surface area (Å²) in [6, 6.07) is 18.0. The van der Waals surface area contributed by atoms with Crippen molar-refractivity contribution in [2.24, 2.45) is 0 Å². The van der Waals surface area contributed by atoms with Gasteiger partial charge in [-0.3, -0.25) is 4.79 Å². The maximum atomic E-state index is 12.8. The van der Waals surface area contributed by atoms with Crippen molar-refractivity contribution in [1.82, 2.24) is 9.88 Å². The Morgan fingerprint density at radius 3 is 2.66 bits per heavy atom. The fraction of sp³-hybridized carbons (Fsp3) is 0.304. The van der Waals surface area contributed by atoms with E-state index in [1.54, 1.807) is 7.11 Å². The van der Waals surface area contributed by atoms with Gasteiger partial charge in [-0.2, -0.15) is 0 Å². The molecule has 0 atom stereocenters. The number of aromatic amines is 1. The molecule has 1 aliphatic carbocycles. The van der Waals surface area contributed by atoms with Gasteiger partial charge in [0.05, 0.1) is 19.2 Å². The number of para-hydroxylation sites is 1. The molecule has 5 nitrogen and oxygen atoms in total. The quantitative estimate of drug-likeness (QED) is 0.602. The third kappa shape index (κ3) is 4.43. The van der Waals surface area contributed by atoms with E-state index in [0.717, 1.165) is 35.2 Å². The second-order valence-corrected chi connectivity index (χ2v) is 7.83. The van der Waals surface area contributed by atoms with Crippen molar-refractivity contribution in [3.05, 3.63) is 70.5 Å². The fourth-order valence-electron chi connectivity index (χ4n) is 3.95. The van der Waals surface area contributed by atoms with Gasteiger partial charge < -0.3 is 19.9 Å². The number of hydrogen-bond donors (Lipinski definition) is 2. The van der Waals surface area contributed by atoms with Crippen LogP contribution in [0.4, 0.5) is 5.69 Å². The number of anilines is 1. The van der Waals surface area contributed by atoms with Gasteiger partial charge in [0.25, 0.3) is 5.56 Å². The molecule has 2 N–H and O–H groups in total. The van der Waals surface area contributed by atoms with Crippen LogP contribution in [0.25, 0.3) is 10.9 Å². The summed E-state index contributed by atoms with van der Waals surface area (Å²) < 4.78 is 5.26. The molecule has 2 aromatic carbocycles. The van der Waals surface area contributed by atoms with Gasteiger partial charge in [0, 0.05) is 23.4 Å². The predicted molar refractivity (Wildman–Crippen MR) is 122 cm³/mol. The standard InChI is InChI=1S/C23H25N3O2S/c1-28-20-12-11-16-13-17(22(27)25-21(16)14-20)15-26(19-9-5-6-10-19)23(29)24-18-7-3-2-4-8-18/h2-4,7-8,11-14,19H,5-6,9-10,15H2,1H3,(H,24,29)(H,25,27). The van der Waals surface area contributed by atoms with Gasteiger partial charge in [0.15, 0.2) is 5.11 Å². The highest BCUT2D eigenvalue weighted by Crippen LogP contribution is 2.26. The van der Waals surface area contributed by atoms with Crippen molar-refractivity contribution in [3.63, 3.8) is 0 Å². The van der Waals surface area contributed by atoms with E-state index >= 15 is 0 Å². The van der Waals surface area contributed by atoms with E-state index in [-0.39, 0.29) is 5.56 Å². The Kier molecular flexibility index (Phi) is 5.81. The van der Waals surface area contributed by atoms with E-state index in [1.165, 1.54) is 12.8 Å².